The maximum Gasteiger partial charge on any atom is 0.326 e. The number of rotatable bonds is 2. The van der Waals surface area contributed by atoms with Gasteiger partial charge in [0.25, 0.3) is 11.5 Å². The molecule has 0 saturated carbocycles. The molecule has 0 aromatic carbocycles. The lowest BCUT2D eigenvalue weighted by molar-refractivity contribution is -0.143. The van der Waals surface area contributed by atoms with Gasteiger partial charge in [-0.05, 0) is 38.3 Å². The highest BCUT2D eigenvalue weighted by atomic mass is 16.4. The van der Waals surface area contributed by atoms with Crippen molar-refractivity contribution in [1.82, 2.24) is 9.47 Å². The SMILES string of the molecule is Cc1ccc(C(=O)N2CCCC[C@H]2C(=O)O)c(=O)n1C. The molecule has 1 N–H and O–H groups in total. The number of carboxylic acid groups (broad SMARTS) is 1. The van der Waals surface area contributed by atoms with Crippen molar-refractivity contribution in [2.75, 3.05) is 6.54 Å². The van der Waals surface area contributed by atoms with Gasteiger partial charge in [0.2, 0.25) is 0 Å². The van der Waals surface area contributed by atoms with Crippen molar-refractivity contribution in [3.05, 3.63) is 33.7 Å². The molecule has 1 aliphatic heterocycles. The summed E-state index contributed by atoms with van der Waals surface area (Å²) in [4.78, 5) is 37.1. The number of nitrogens with zero attached hydrogens (tertiary/aromatic N) is 2. The molecule has 1 atom stereocenters. The number of amides is 1. The summed E-state index contributed by atoms with van der Waals surface area (Å²) >= 11 is 0. The minimum atomic E-state index is -1.01. The molecule has 1 fully saturated rings. The smallest absolute Gasteiger partial charge is 0.326 e. The van der Waals surface area contributed by atoms with E-state index in [2.05, 4.69) is 0 Å². The quantitative estimate of drug-likeness (QED) is 0.866. The van der Waals surface area contributed by atoms with Gasteiger partial charge in [0.05, 0.1) is 0 Å². The van der Waals surface area contributed by atoms with E-state index in [9.17, 15) is 19.5 Å². The van der Waals surface area contributed by atoms with Gasteiger partial charge in [-0.1, -0.05) is 0 Å². The van der Waals surface area contributed by atoms with E-state index in [1.165, 1.54) is 15.5 Å². The number of hydrogen-bond acceptors (Lipinski definition) is 3. The third-order valence-corrected chi connectivity index (χ3v) is 3.83. The molecule has 6 nitrogen and oxygen atoms in total. The van der Waals surface area contributed by atoms with Crippen LogP contribution in [0, 0.1) is 6.92 Å². The van der Waals surface area contributed by atoms with Gasteiger partial charge in [0, 0.05) is 19.3 Å². The Labute approximate surface area is 116 Å². The Hall–Kier alpha value is -2.11. The molecule has 108 valence electrons. The molecule has 6 heteroatoms. The van der Waals surface area contributed by atoms with Crippen molar-refractivity contribution in [3.63, 3.8) is 0 Å². The maximum atomic E-state index is 12.4. The molecule has 0 unspecified atom stereocenters. The zero-order valence-electron chi connectivity index (χ0n) is 11.6. The van der Waals surface area contributed by atoms with Crippen molar-refractivity contribution < 1.29 is 14.7 Å². The fourth-order valence-electron chi connectivity index (χ4n) is 2.48. The number of piperidine rings is 1. The Kier molecular flexibility index (Phi) is 3.92. The number of likely N-dealkylation sites (tertiary alicyclic amines) is 1. The summed E-state index contributed by atoms with van der Waals surface area (Å²) in [7, 11) is 1.60. The van der Waals surface area contributed by atoms with Gasteiger partial charge in [-0.15, -0.1) is 0 Å². The van der Waals surface area contributed by atoms with Crippen LogP contribution in [0.15, 0.2) is 16.9 Å². The molecule has 0 bridgehead atoms. The van der Waals surface area contributed by atoms with E-state index >= 15 is 0 Å². The molecular weight excluding hydrogens is 260 g/mol. The van der Waals surface area contributed by atoms with Crippen LogP contribution in [0.4, 0.5) is 0 Å². The number of aliphatic carboxylic acids is 1. The van der Waals surface area contributed by atoms with Gasteiger partial charge in [-0.3, -0.25) is 9.59 Å². The van der Waals surface area contributed by atoms with Gasteiger partial charge in [0.15, 0.2) is 0 Å². The van der Waals surface area contributed by atoms with Crippen LogP contribution in [0.5, 0.6) is 0 Å². The van der Waals surface area contributed by atoms with E-state index in [1.807, 2.05) is 0 Å². The average molecular weight is 278 g/mol. The third-order valence-electron chi connectivity index (χ3n) is 3.83. The molecule has 0 spiro atoms. The second-order valence-corrected chi connectivity index (χ2v) is 5.10. The lowest BCUT2D eigenvalue weighted by atomic mass is 10.0. The predicted octanol–water partition coefficient (Wildman–Crippen LogP) is 0.773. The lowest BCUT2D eigenvalue weighted by Crippen LogP contribution is -2.49. The van der Waals surface area contributed by atoms with Crippen molar-refractivity contribution in [1.29, 1.82) is 0 Å². The molecule has 0 aliphatic carbocycles. The van der Waals surface area contributed by atoms with E-state index in [1.54, 1.807) is 20.0 Å². The summed E-state index contributed by atoms with van der Waals surface area (Å²) in [5.41, 5.74) is 0.399. The number of carboxylic acids is 1. The molecule has 1 aliphatic rings. The molecule has 1 amide bonds. The predicted molar refractivity (Wildman–Crippen MR) is 72.7 cm³/mol. The Morgan fingerprint density at radius 1 is 1.30 bits per heavy atom. The summed E-state index contributed by atoms with van der Waals surface area (Å²) in [6.07, 6.45) is 1.99. The molecule has 2 heterocycles. The third kappa shape index (κ3) is 2.45. The second-order valence-electron chi connectivity index (χ2n) is 5.10. The minimum Gasteiger partial charge on any atom is -0.480 e. The molecule has 20 heavy (non-hydrogen) atoms. The Morgan fingerprint density at radius 3 is 2.65 bits per heavy atom. The van der Waals surface area contributed by atoms with Crippen molar-refractivity contribution >= 4 is 11.9 Å². The highest BCUT2D eigenvalue weighted by Gasteiger charge is 2.33. The van der Waals surface area contributed by atoms with Gasteiger partial charge < -0.3 is 14.6 Å². The molecule has 1 aromatic heterocycles. The first-order valence-corrected chi connectivity index (χ1v) is 6.64. The average Bonchev–Trinajstić information content (AvgIpc) is 2.44. The number of carbonyl (C=O) groups excluding carboxylic acids is 1. The first-order valence-electron chi connectivity index (χ1n) is 6.64. The van der Waals surface area contributed by atoms with Crippen LogP contribution >= 0.6 is 0 Å². The van der Waals surface area contributed by atoms with Crippen LogP contribution in [0.3, 0.4) is 0 Å². The Bertz CT molecular complexity index is 606. The second kappa shape index (κ2) is 5.48. The van der Waals surface area contributed by atoms with E-state index in [0.717, 1.165) is 18.5 Å². The van der Waals surface area contributed by atoms with Gasteiger partial charge in [-0.25, -0.2) is 4.79 Å². The van der Waals surface area contributed by atoms with Gasteiger partial charge >= 0.3 is 5.97 Å². The fraction of sp³-hybridized carbons (Fsp3) is 0.500. The van der Waals surface area contributed by atoms with E-state index < -0.39 is 17.9 Å². The number of hydrogen-bond donors (Lipinski definition) is 1. The van der Waals surface area contributed by atoms with Crippen molar-refractivity contribution in [3.8, 4) is 0 Å². The molecule has 1 aromatic rings. The van der Waals surface area contributed by atoms with Crippen LogP contribution in [0.25, 0.3) is 0 Å². The lowest BCUT2D eigenvalue weighted by Gasteiger charge is -2.32. The molecule has 2 rings (SSSR count). The summed E-state index contributed by atoms with van der Waals surface area (Å²) in [5.74, 6) is -1.50. The summed E-state index contributed by atoms with van der Waals surface area (Å²) in [5, 5.41) is 9.20. The van der Waals surface area contributed by atoms with E-state index in [0.29, 0.717) is 13.0 Å². The van der Waals surface area contributed by atoms with E-state index in [-0.39, 0.29) is 11.1 Å². The Balaban J connectivity index is 2.37. The monoisotopic (exact) mass is 278 g/mol. The first-order chi connectivity index (χ1) is 9.43. The van der Waals surface area contributed by atoms with Crippen LogP contribution in [0.1, 0.15) is 35.3 Å². The standard InChI is InChI=1S/C14H18N2O4/c1-9-6-7-10(12(17)15(9)2)13(18)16-8-4-3-5-11(16)14(19)20/h6-7,11H,3-5,8H2,1-2H3,(H,19,20)/t11-/m0/s1. The zero-order chi connectivity index (χ0) is 14.9. The first kappa shape index (κ1) is 14.3. The topological polar surface area (TPSA) is 79.6 Å². The summed E-state index contributed by atoms with van der Waals surface area (Å²) in [6, 6.07) is 2.34. The minimum absolute atomic E-state index is 0.0336. The highest BCUT2D eigenvalue weighted by Crippen LogP contribution is 2.19. The van der Waals surface area contributed by atoms with Crippen LogP contribution < -0.4 is 5.56 Å². The number of aromatic nitrogens is 1. The van der Waals surface area contributed by atoms with Crippen molar-refractivity contribution in [2.45, 2.75) is 32.2 Å². The number of carbonyl (C=O) groups is 2. The van der Waals surface area contributed by atoms with Gasteiger partial charge in [-0.2, -0.15) is 0 Å². The van der Waals surface area contributed by atoms with Crippen molar-refractivity contribution in [2.24, 2.45) is 7.05 Å². The maximum absolute atomic E-state index is 12.4. The molecular formula is C14H18N2O4. The number of pyridine rings is 1. The van der Waals surface area contributed by atoms with Crippen LogP contribution in [-0.4, -0.2) is 39.0 Å². The Morgan fingerprint density at radius 2 is 2.00 bits per heavy atom. The zero-order valence-corrected chi connectivity index (χ0v) is 11.6. The molecule has 0 radical (unpaired) electrons. The fourth-order valence-corrected chi connectivity index (χ4v) is 2.48. The number of aryl methyl sites for hydroxylation is 1. The normalized spacial score (nSPS) is 18.9. The largest absolute Gasteiger partial charge is 0.480 e. The highest BCUT2D eigenvalue weighted by molar-refractivity contribution is 5.96. The molecule has 1 saturated heterocycles. The van der Waals surface area contributed by atoms with Crippen LogP contribution in [0.2, 0.25) is 0 Å². The van der Waals surface area contributed by atoms with Crippen LogP contribution in [-0.2, 0) is 11.8 Å². The summed E-state index contributed by atoms with van der Waals surface area (Å²) in [6.45, 7) is 2.16. The van der Waals surface area contributed by atoms with Gasteiger partial charge in [0.1, 0.15) is 11.6 Å². The summed E-state index contributed by atoms with van der Waals surface area (Å²) < 4.78 is 1.40. The van der Waals surface area contributed by atoms with E-state index in [4.69, 9.17) is 0 Å².